The van der Waals surface area contributed by atoms with E-state index < -0.39 is 0 Å². The van der Waals surface area contributed by atoms with Gasteiger partial charge in [-0.15, -0.1) is 0 Å². The smallest absolute Gasteiger partial charge is 0.143 e. The number of aromatic nitrogens is 1. The number of pyridine rings is 1. The molecule has 3 atom stereocenters. The van der Waals surface area contributed by atoms with E-state index in [4.69, 9.17) is 14.5 Å². The highest BCUT2D eigenvalue weighted by Crippen LogP contribution is 2.47. The Labute approximate surface area is 132 Å². The van der Waals surface area contributed by atoms with Gasteiger partial charge in [0.05, 0.1) is 7.11 Å². The summed E-state index contributed by atoms with van der Waals surface area (Å²) < 4.78 is 11.4. The van der Waals surface area contributed by atoms with Gasteiger partial charge in [0, 0.05) is 37.8 Å². The Morgan fingerprint density at radius 1 is 1.32 bits per heavy atom. The summed E-state index contributed by atoms with van der Waals surface area (Å²) in [6.45, 7) is 4.33. The van der Waals surface area contributed by atoms with Gasteiger partial charge in [0.1, 0.15) is 23.4 Å². The van der Waals surface area contributed by atoms with Crippen molar-refractivity contribution in [2.45, 2.75) is 44.4 Å². The number of methoxy groups -OCH3 is 2. The van der Waals surface area contributed by atoms with Gasteiger partial charge in [-0.05, 0) is 38.2 Å². The number of nitrogens with zero attached hydrogens (tertiary/aromatic N) is 2. The molecule has 1 unspecified atom stereocenters. The van der Waals surface area contributed by atoms with E-state index >= 15 is 0 Å². The first-order valence-electron chi connectivity index (χ1n) is 8.32. The third-order valence-corrected chi connectivity index (χ3v) is 5.25. The molecule has 1 saturated heterocycles. The van der Waals surface area contributed by atoms with E-state index in [-0.39, 0.29) is 6.10 Å². The summed E-state index contributed by atoms with van der Waals surface area (Å²) in [6, 6.07) is 3.20. The van der Waals surface area contributed by atoms with Gasteiger partial charge >= 0.3 is 0 Å². The lowest BCUT2D eigenvalue weighted by Crippen LogP contribution is -2.55. The van der Waals surface area contributed by atoms with Crippen LogP contribution in [0.15, 0.2) is 6.07 Å². The van der Waals surface area contributed by atoms with Gasteiger partial charge in [-0.25, -0.2) is 4.98 Å². The van der Waals surface area contributed by atoms with Crippen LogP contribution < -0.4 is 15.0 Å². The second-order valence-electron chi connectivity index (χ2n) is 6.82. The lowest BCUT2D eigenvalue weighted by atomic mass is 10.1. The van der Waals surface area contributed by atoms with E-state index in [1.807, 2.05) is 0 Å². The van der Waals surface area contributed by atoms with Crippen molar-refractivity contribution >= 4 is 5.82 Å². The van der Waals surface area contributed by atoms with Gasteiger partial charge in [-0.1, -0.05) is 0 Å². The van der Waals surface area contributed by atoms with E-state index in [2.05, 4.69) is 23.2 Å². The van der Waals surface area contributed by atoms with Crippen LogP contribution in [0.5, 0.6) is 5.75 Å². The van der Waals surface area contributed by atoms with Crippen LogP contribution in [0.4, 0.5) is 5.82 Å². The number of ether oxygens (including phenoxy) is 2. The molecule has 1 saturated carbocycles. The summed E-state index contributed by atoms with van der Waals surface area (Å²) in [4.78, 5) is 7.53. The minimum Gasteiger partial charge on any atom is -0.495 e. The van der Waals surface area contributed by atoms with Crippen LogP contribution in [-0.4, -0.2) is 44.4 Å². The molecule has 3 aliphatic rings. The molecule has 0 bridgehead atoms. The second kappa shape index (κ2) is 5.39. The van der Waals surface area contributed by atoms with E-state index in [1.54, 1.807) is 14.2 Å². The number of piperazine rings is 1. The van der Waals surface area contributed by atoms with Gasteiger partial charge in [-0.2, -0.15) is 0 Å². The SMILES string of the molecule is COc1cc2c(nc1C(OC)C1CC1)N1[C@@H](CNC[C@H]1C)C2. The Hall–Kier alpha value is -1.33. The quantitative estimate of drug-likeness (QED) is 0.920. The maximum Gasteiger partial charge on any atom is 0.143 e. The van der Waals surface area contributed by atoms with Crippen molar-refractivity contribution < 1.29 is 9.47 Å². The molecular formula is C17H25N3O2. The molecule has 120 valence electrons. The van der Waals surface area contributed by atoms with Crippen molar-refractivity contribution in [3.05, 3.63) is 17.3 Å². The third-order valence-electron chi connectivity index (χ3n) is 5.25. The molecule has 0 radical (unpaired) electrons. The maximum atomic E-state index is 5.75. The molecule has 0 aromatic carbocycles. The molecule has 0 amide bonds. The summed E-state index contributed by atoms with van der Waals surface area (Å²) in [7, 11) is 3.52. The molecule has 2 aliphatic heterocycles. The normalized spacial score (nSPS) is 28.2. The molecule has 1 aliphatic carbocycles. The Morgan fingerprint density at radius 3 is 2.82 bits per heavy atom. The molecule has 2 fully saturated rings. The van der Waals surface area contributed by atoms with Crippen molar-refractivity contribution in [3.8, 4) is 5.75 Å². The Balaban J connectivity index is 1.76. The van der Waals surface area contributed by atoms with Crippen LogP contribution >= 0.6 is 0 Å². The predicted octanol–water partition coefficient (Wildman–Crippen LogP) is 1.91. The lowest BCUT2D eigenvalue weighted by Gasteiger charge is -2.38. The van der Waals surface area contributed by atoms with Crippen LogP contribution in [0.25, 0.3) is 0 Å². The number of rotatable bonds is 4. The van der Waals surface area contributed by atoms with E-state index in [1.165, 1.54) is 18.4 Å². The van der Waals surface area contributed by atoms with Crippen molar-refractivity contribution in [2.75, 3.05) is 32.2 Å². The Kier molecular flexibility index (Phi) is 3.50. The Morgan fingerprint density at radius 2 is 2.14 bits per heavy atom. The highest BCUT2D eigenvalue weighted by Gasteiger charge is 2.40. The number of anilines is 1. The molecule has 1 aromatic rings. The second-order valence-corrected chi connectivity index (χ2v) is 6.82. The predicted molar refractivity (Wildman–Crippen MR) is 85.6 cm³/mol. The summed E-state index contributed by atoms with van der Waals surface area (Å²) in [5, 5.41) is 3.52. The first-order valence-corrected chi connectivity index (χ1v) is 8.32. The fraction of sp³-hybridized carbons (Fsp3) is 0.706. The fourth-order valence-corrected chi connectivity index (χ4v) is 4.03. The monoisotopic (exact) mass is 303 g/mol. The highest BCUT2D eigenvalue weighted by molar-refractivity contribution is 5.59. The van der Waals surface area contributed by atoms with Crippen molar-refractivity contribution in [2.24, 2.45) is 5.92 Å². The first kappa shape index (κ1) is 14.3. The molecule has 1 aromatic heterocycles. The summed E-state index contributed by atoms with van der Waals surface area (Å²) in [5.74, 6) is 2.64. The minimum atomic E-state index is 0.0671. The topological polar surface area (TPSA) is 46.6 Å². The third kappa shape index (κ3) is 2.18. The Bertz CT molecular complexity index is 573. The van der Waals surface area contributed by atoms with Crippen LogP contribution in [0.3, 0.4) is 0 Å². The van der Waals surface area contributed by atoms with Gasteiger partial charge < -0.3 is 19.7 Å². The summed E-state index contributed by atoms with van der Waals surface area (Å²) in [6.07, 6.45) is 3.58. The van der Waals surface area contributed by atoms with Crippen LogP contribution in [0, 0.1) is 5.92 Å². The summed E-state index contributed by atoms with van der Waals surface area (Å²) in [5.41, 5.74) is 2.30. The van der Waals surface area contributed by atoms with E-state index in [0.717, 1.165) is 36.8 Å². The van der Waals surface area contributed by atoms with Crippen molar-refractivity contribution in [1.82, 2.24) is 10.3 Å². The van der Waals surface area contributed by atoms with E-state index in [9.17, 15) is 0 Å². The average molecular weight is 303 g/mol. The fourth-order valence-electron chi connectivity index (χ4n) is 4.03. The van der Waals surface area contributed by atoms with Gasteiger partial charge in [0.15, 0.2) is 0 Å². The van der Waals surface area contributed by atoms with Crippen LogP contribution in [0.2, 0.25) is 0 Å². The average Bonchev–Trinajstić information content (AvgIpc) is 3.28. The highest BCUT2D eigenvalue weighted by atomic mass is 16.5. The number of hydrogen-bond donors (Lipinski definition) is 1. The van der Waals surface area contributed by atoms with Gasteiger partial charge in [0.2, 0.25) is 0 Å². The zero-order valence-corrected chi connectivity index (χ0v) is 13.6. The number of hydrogen-bond acceptors (Lipinski definition) is 5. The van der Waals surface area contributed by atoms with E-state index in [0.29, 0.717) is 18.0 Å². The van der Waals surface area contributed by atoms with Crippen LogP contribution in [0.1, 0.15) is 37.1 Å². The van der Waals surface area contributed by atoms with Crippen molar-refractivity contribution in [3.63, 3.8) is 0 Å². The maximum absolute atomic E-state index is 5.75. The molecule has 5 nitrogen and oxygen atoms in total. The molecule has 3 heterocycles. The summed E-state index contributed by atoms with van der Waals surface area (Å²) >= 11 is 0. The molecular weight excluding hydrogens is 278 g/mol. The molecule has 22 heavy (non-hydrogen) atoms. The zero-order valence-electron chi connectivity index (χ0n) is 13.6. The standard InChI is InChI=1S/C17H25N3O2/c1-10-8-18-9-13-6-12-7-14(21-2)15(19-17(12)20(10)13)16(22-3)11-4-5-11/h7,10-11,13,16,18H,4-6,8-9H2,1-3H3/t10-,13-,16?/m1/s1. The number of nitrogens with one attached hydrogen (secondary N) is 1. The molecule has 5 heteroatoms. The van der Waals surface area contributed by atoms with Crippen molar-refractivity contribution in [1.29, 1.82) is 0 Å². The van der Waals surface area contributed by atoms with Gasteiger partial charge in [-0.3, -0.25) is 0 Å². The number of fused-ring (bicyclic) bond motifs is 3. The lowest BCUT2D eigenvalue weighted by molar-refractivity contribution is 0.0786. The largest absolute Gasteiger partial charge is 0.495 e. The van der Waals surface area contributed by atoms with Gasteiger partial charge in [0.25, 0.3) is 0 Å². The molecule has 0 spiro atoms. The minimum absolute atomic E-state index is 0.0671. The van der Waals surface area contributed by atoms with Crippen LogP contribution in [-0.2, 0) is 11.2 Å². The zero-order chi connectivity index (χ0) is 15.3. The molecule has 1 N–H and O–H groups in total. The first-order chi connectivity index (χ1) is 10.7. The molecule has 4 rings (SSSR count).